The molecule has 1 fully saturated rings. The highest BCUT2D eigenvalue weighted by atomic mass is 32.3. The molecule has 3 nitrogen and oxygen atoms in total. The first-order chi connectivity index (χ1) is 6.21. The smallest absolute Gasteiger partial charge is 0.139 e. The molecule has 0 saturated carbocycles. The summed E-state index contributed by atoms with van der Waals surface area (Å²) in [4.78, 5) is 2.43. The lowest BCUT2D eigenvalue weighted by molar-refractivity contribution is 0.0940. The molecule has 1 aliphatic rings. The van der Waals surface area contributed by atoms with Gasteiger partial charge in [0.1, 0.15) is 8.95 Å². The molecule has 1 aliphatic heterocycles. The summed E-state index contributed by atoms with van der Waals surface area (Å²) < 4.78 is 13.7. The van der Waals surface area contributed by atoms with Gasteiger partial charge in [0.15, 0.2) is 0 Å². The van der Waals surface area contributed by atoms with Crippen molar-refractivity contribution >= 4 is 18.1 Å². The van der Waals surface area contributed by atoms with Crippen molar-refractivity contribution in [1.82, 2.24) is 9.21 Å². The van der Waals surface area contributed by atoms with Gasteiger partial charge in [-0.05, 0) is 20.8 Å². The minimum Gasteiger partial charge on any atom is -0.296 e. The van der Waals surface area contributed by atoms with E-state index in [1.54, 1.807) is 6.26 Å². The molecule has 0 spiro atoms. The summed E-state index contributed by atoms with van der Waals surface area (Å²) in [7, 11) is 1.37. The molecule has 1 heterocycles. The van der Waals surface area contributed by atoms with Crippen LogP contribution in [0.15, 0.2) is 0 Å². The Hall–Kier alpha value is 0.287. The Morgan fingerprint density at radius 1 is 1.14 bits per heavy atom. The maximum absolute atomic E-state index is 11.7. The van der Waals surface area contributed by atoms with Crippen LogP contribution in [0.1, 0.15) is 20.8 Å². The highest BCUT2D eigenvalue weighted by Crippen LogP contribution is 2.16. The molecule has 0 N–H and O–H groups in total. The van der Waals surface area contributed by atoms with Gasteiger partial charge < -0.3 is 0 Å². The Labute approximate surface area is 90.6 Å². The number of piperazine rings is 1. The number of hydrogen-bond acceptors (Lipinski definition) is 2. The fraction of sp³-hybridized carbons (Fsp3) is 1.00. The molecule has 1 saturated heterocycles. The maximum Gasteiger partial charge on any atom is 0.139 e. The predicted molar refractivity (Wildman–Crippen MR) is 62.7 cm³/mol. The summed E-state index contributed by atoms with van der Waals surface area (Å²) in [5, 5.41) is 0. The number of rotatable bonds is 1. The summed E-state index contributed by atoms with van der Waals surface area (Å²) in [6, 6.07) is 0. The summed E-state index contributed by atoms with van der Waals surface area (Å²) in [6.45, 7) is 10.4. The monoisotopic (exact) mass is 232 g/mol. The molecule has 82 valence electrons. The molecule has 0 aliphatic carbocycles. The second-order valence-corrected chi connectivity index (χ2v) is 9.28. The molecule has 0 amide bonds. The van der Waals surface area contributed by atoms with Crippen molar-refractivity contribution in [2.75, 3.05) is 32.4 Å². The van der Waals surface area contributed by atoms with Crippen molar-refractivity contribution in [3.8, 4) is 0 Å². The van der Waals surface area contributed by atoms with Crippen LogP contribution in [-0.2, 0) is 9.12 Å². The van der Waals surface area contributed by atoms with Crippen molar-refractivity contribution in [3.63, 3.8) is 0 Å². The fourth-order valence-electron chi connectivity index (χ4n) is 1.71. The second-order valence-electron chi connectivity index (χ2n) is 4.89. The quantitative estimate of drug-likeness (QED) is 0.608. The van der Waals surface area contributed by atoms with E-state index in [4.69, 9.17) is 0 Å². The SMILES string of the molecule is CC(C)(C)N1CCN(S(C)(=O)=[Si])CC1. The lowest BCUT2D eigenvalue weighted by Gasteiger charge is -2.42. The highest BCUT2D eigenvalue weighted by molar-refractivity contribution is 8.02. The van der Waals surface area contributed by atoms with Gasteiger partial charge in [-0.1, -0.05) is 0 Å². The molecular formula is C9H20N2OSSi. The molecule has 1 rings (SSSR count). The first-order valence-electron chi connectivity index (χ1n) is 4.95. The Morgan fingerprint density at radius 2 is 1.57 bits per heavy atom. The molecular weight excluding hydrogens is 212 g/mol. The second kappa shape index (κ2) is 4.04. The van der Waals surface area contributed by atoms with Crippen LogP contribution in [0.3, 0.4) is 0 Å². The van der Waals surface area contributed by atoms with Gasteiger partial charge in [0.05, 0.1) is 0 Å². The third-order valence-electron chi connectivity index (χ3n) is 2.68. The van der Waals surface area contributed by atoms with Gasteiger partial charge in [-0.25, -0.2) is 4.31 Å². The van der Waals surface area contributed by atoms with Gasteiger partial charge in [-0.15, -0.1) is 0 Å². The van der Waals surface area contributed by atoms with Crippen LogP contribution >= 0.6 is 0 Å². The summed E-state index contributed by atoms with van der Waals surface area (Å²) in [5.41, 5.74) is 0.229. The predicted octanol–water partition coefficient (Wildman–Crippen LogP) is 0.315. The fourth-order valence-corrected chi connectivity index (χ4v) is 3.12. The van der Waals surface area contributed by atoms with E-state index < -0.39 is 9.12 Å². The molecule has 5 heteroatoms. The van der Waals surface area contributed by atoms with Gasteiger partial charge in [-0.2, -0.15) is 0 Å². The zero-order valence-corrected chi connectivity index (χ0v) is 11.4. The maximum atomic E-state index is 11.7. The van der Waals surface area contributed by atoms with Gasteiger partial charge in [0.25, 0.3) is 0 Å². The highest BCUT2D eigenvalue weighted by Gasteiger charge is 2.27. The number of nitrogens with zero attached hydrogens (tertiary/aromatic N) is 2. The minimum absolute atomic E-state index is 0.229. The van der Waals surface area contributed by atoms with Crippen molar-refractivity contribution in [2.45, 2.75) is 26.3 Å². The standard InChI is InChI=1S/C9H20N2OSSi/c1-9(2,3)10-5-7-11(8-6-10)13(4,12)14/h5-8H2,1-4H3. The Balaban J connectivity index is 2.56. The molecule has 0 aromatic rings. The Bertz CT molecular complexity index is 286. The van der Waals surface area contributed by atoms with Gasteiger partial charge in [0, 0.05) is 47.1 Å². The first kappa shape index (κ1) is 12.4. The number of hydrogen-bond donors (Lipinski definition) is 0. The van der Waals surface area contributed by atoms with Gasteiger partial charge >= 0.3 is 0 Å². The van der Waals surface area contributed by atoms with Gasteiger partial charge in [-0.3, -0.25) is 9.11 Å². The molecule has 0 aromatic heterocycles. The molecule has 0 aromatic carbocycles. The topological polar surface area (TPSA) is 23.6 Å². The first-order valence-corrected chi connectivity index (χ1v) is 8.10. The van der Waals surface area contributed by atoms with Crippen molar-refractivity contribution in [3.05, 3.63) is 0 Å². The van der Waals surface area contributed by atoms with E-state index in [0.29, 0.717) is 0 Å². The third-order valence-corrected chi connectivity index (χ3v) is 4.81. The van der Waals surface area contributed by atoms with E-state index in [9.17, 15) is 4.21 Å². The Kier molecular flexibility index (Phi) is 3.56. The van der Waals surface area contributed by atoms with Crippen LogP contribution in [0, 0.1) is 0 Å². The van der Waals surface area contributed by atoms with Crippen LogP contribution in [0.4, 0.5) is 0 Å². The molecule has 2 radical (unpaired) electrons. The lowest BCUT2D eigenvalue weighted by Crippen LogP contribution is -2.54. The van der Waals surface area contributed by atoms with E-state index in [1.807, 2.05) is 4.31 Å². The normalized spacial score (nSPS) is 26.0. The van der Waals surface area contributed by atoms with Crippen LogP contribution in [0.2, 0.25) is 0 Å². The molecule has 14 heavy (non-hydrogen) atoms. The van der Waals surface area contributed by atoms with Crippen LogP contribution in [0.5, 0.6) is 0 Å². The van der Waals surface area contributed by atoms with E-state index in [2.05, 4.69) is 34.6 Å². The average Bonchev–Trinajstić information content (AvgIpc) is 2.01. The van der Waals surface area contributed by atoms with Crippen LogP contribution < -0.4 is 0 Å². The summed E-state index contributed by atoms with van der Waals surface area (Å²) in [5.74, 6) is 0. The summed E-state index contributed by atoms with van der Waals surface area (Å²) in [6.07, 6.45) is 1.75. The zero-order chi connectivity index (χ0) is 11.0. The van der Waals surface area contributed by atoms with E-state index in [-0.39, 0.29) is 5.54 Å². The summed E-state index contributed by atoms with van der Waals surface area (Å²) >= 11 is 0. The zero-order valence-electron chi connectivity index (χ0n) is 9.54. The van der Waals surface area contributed by atoms with Crippen molar-refractivity contribution in [1.29, 1.82) is 0 Å². The minimum atomic E-state index is -1.93. The van der Waals surface area contributed by atoms with Crippen LogP contribution in [-0.4, -0.2) is 60.3 Å². The average molecular weight is 232 g/mol. The van der Waals surface area contributed by atoms with E-state index >= 15 is 0 Å². The van der Waals surface area contributed by atoms with Gasteiger partial charge in [0.2, 0.25) is 0 Å². The lowest BCUT2D eigenvalue weighted by atomic mass is 10.1. The third kappa shape index (κ3) is 3.15. The Morgan fingerprint density at radius 3 is 1.86 bits per heavy atom. The molecule has 1 atom stereocenters. The largest absolute Gasteiger partial charge is 0.296 e. The van der Waals surface area contributed by atoms with Crippen molar-refractivity contribution < 1.29 is 4.21 Å². The van der Waals surface area contributed by atoms with Crippen molar-refractivity contribution in [2.24, 2.45) is 0 Å². The molecule has 0 bridgehead atoms. The van der Waals surface area contributed by atoms with E-state index in [0.717, 1.165) is 26.2 Å². The van der Waals surface area contributed by atoms with E-state index in [1.165, 1.54) is 0 Å². The molecule has 1 unspecified atom stereocenters. The van der Waals surface area contributed by atoms with Crippen LogP contribution in [0.25, 0.3) is 0 Å².